The van der Waals surface area contributed by atoms with Gasteiger partial charge in [-0.25, -0.2) is 8.42 Å². The molecule has 0 heterocycles. The highest BCUT2D eigenvalue weighted by atomic mass is 32.3. The molecule has 0 amide bonds. The van der Waals surface area contributed by atoms with Gasteiger partial charge in [-0.05, 0) is 42.1 Å². The average molecular weight is 356 g/mol. The highest BCUT2D eigenvalue weighted by molar-refractivity contribution is 7.80. The summed E-state index contributed by atoms with van der Waals surface area (Å²) in [7, 11) is -5.42. The van der Waals surface area contributed by atoms with E-state index in [-0.39, 0.29) is 0 Å². The van der Waals surface area contributed by atoms with Crippen molar-refractivity contribution in [1.82, 2.24) is 0 Å². The van der Waals surface area contributed by atoms with Gasteiger partial charge in [-0.15, -0.1) is 3.89 Å². The molecule has 4 rings (SSSR count). The summed E-state index contributed by atoms with van der Waals surface area (Å²) in [6, 6.07) is 22.1. The van der Waals surface area contributed by atoms with Crippen molar-refractivity contribution in [3.8, 4) is 0 Å². The van der Waals surface area contributed by atoms with Crippen LogP contribution >= 0.6 is 0 Å². The van der Waals surface area contributed by atoms with Gasteiger partial charge in [0.2, 0.25) is 0 Å². The Morgan fingerprint density at radius 1 is 1.00 bits per heavy atom. The minimum atomic E-state index is -5.42. The van der Waals surface area contributed by atoms with E-state index in [1.165, 1.54) is 33.0 Å². The van der Waals surface area contributed by atoms with Gasteiger partial charge >= 0.3 is 0 Å². The lowest BCUT2D eigenvalue weighted by Crippen LogP contribution is -2.12. The molecule has 0 saturated heterocycles. The van der Waals surface area contributed by atoms with E-state index in [9.17, 15) is 3.89 Å². The van der Waals surface area contributed by atoms with Crippen molar-refractivity contribution < 1.29 is 16.9 Å². The van der Waals surface area contributed by atoms with Gasteiger partial charge in [-0.2, -0.15) is 0 Å². The molecule has 3 nitrogen and oxygen atoms in total. The van der Waals surface area contributed by atoms with Crippen molar-refractivity contribution in [2.24, 2.45) is 0 Å². The number of fused-ring (bicyclic) bond motifs is 4. The van der Waals surface area contributed by atoms with Gasteiger partial charge in [0.1, 0.15) is 0 Å². The first-order valence-corrected chi connectivity index (χ1v) is 9.30. The summed E-state index contributed by atoms with van der Waals surface area (Å²) < 4.78 is 35.3. The van der Waals surface area contributed by atoms with Crippen LogP contribution in [0.5, 0.6) is 0 Å². The molecule has 1 atom stereocenters. The number of halogens is 1. The predicted octanol–water partition coefficient (Wildman–Crippen LogP) is 4.71. The zero-order valence-corrected chi connectivity index (χ0v) is 14.5. The molecule has 128 valence electrons. The maximum absolute atomic E-state index is 10.1. The van der Waals surface area contributed by atoms with Crippen molar-refractivity contribution in [3.63, 3.8) is 0 Å². The van der Waals surface area contributed by atoms with Crippen LogP contribution in [0.25, 0.3) is 10.8 Å². The lowest BCUT2D eigenvalue weighted by molar-refractivity contribution is 0.417. The van der Waals surface area contributed by atoms with Gasteiger partial charge in [-0.1, -0.05) is 25.1 Å². The van der Waals surface area contributed by atoms with Gasteiger partial charge in [-0.3, -0.25) is 0 Å². The first-order chi connectivity index (χ1) is 11.9. The van der Waals surface area contributed by atoms with E-state index >= 15 is 0 Å². The summed E-state index contributed by atoms with van der Waals surface area (Å²) in [5, 5.41) is 2.75. The van der Waals surface area contributed by atoms with Gasteiger partial charge in [0.15, 0.2) is 0 Å². The Labute approximate surface area is 147 Å². The van der Waals surface area contributed by atoms with Crippen LogP contribution in [0, 0.1) is 6.42 Å². The van der Waals surface area contributed by atoms with Gasteiger partial charge in [0.25, 0.3) is 10.5 Å². The molecule has 0 saturated carbocycles. The van der Waals surface area contributed by atoms with Crippen LogP contribution in [0.1, 0.15) is 41.5 Å². The lowest BCUT2D eigenvalue weighted by atomic mass is 9.75. The summed E-state index contributed by atoms with van der Waals surface area (Å²) >= 11 is 0. The fraction of sp³-hybridized carbons (Fsp3) is 0.150. The van der Waals surface area contributed by atoms with Crippen LogP contribution in [-0.2, 0) is 10.5 Å². The standard InChI is InChI=1S/C20H17.FHO3S/c1-2-17-18-9-5-4-8-15(18)13-16-12-11-14-7-3-6-10-19(14)20(16)17;1-5(2,3)4/h3-13,17H,2H2,1H3;(H,2,3,4)/q+1;/p-1. The van der Waals surface area contributed by atoms with E-state index in [0.29, 0.717) is 5.92 Å². The largest absolute Gasteiger partial charge is 0.722 e. The van der Waals surface area contributed by atoms with Gasteiger partial charge in [0, 0.05) is 35.1 Å². The Hall–Kier alpha value is -2.37. The summed E-state index contributed by atoms with van der Waals surface area (Å²) in [4.78, 5) is 0. The number of benzene rings is 3. The van der Waals surface area contributed by atoms with Crippen molar-refractivity contribution >= 4 is 21.3 Å². The summed E-state index contributed by atoms with van der Waals surface area (Å²) in [5.41, 5.74) is 5.74. The Morgan fingerprint density at radius 2 is 1.64 bits per heavy atom. The third-order valence-electron chi connectivity index (χ3n) is 4.44. The van der Waals surface area contributed by atoms with E-state index in [0.717, 1.165) is 6.42 Å². The minimum Gasteiger partial charge on any atom is -0.722 e. The number of rotatable bonds is 1. The van der Waals surface area contributed by atoms with Gasteiger partial charge in [0.05, 0.1) is 17.0 Å². The van der Waals surface area contributed by atoms with Crippen molar-refractivity contribution in [1.29, 1.82) is 0 Å². The molecule has 0 aromatic heterocycles. The van der Waals surface area contributed by atoms with E-state index < -0.39 is 10.5 Å². The Balaban J connectivity index is 0.000000324. The molecule has 0 aliphatic heterocycles. The second kappa shape index (κ2) is 6.86. The summed E-state index contributed by atoms with van der Waals surface area (Å²) in [6.45, 7) is 2.29. The Kier molecular flexibility index (Phi) is 4.79. The van der Waals surface area contributed by atoms with Crippen LogP contribution in [0.4, 0.5) is 3.89 Å². The maximum atomic E-state index is 10.1. The van der Waals surface area contributed by atoms with Crippen molar-refractivity contribution in [2.75, 3.05) is 0 Å². The Morgan fingerprint density at radius 3 is 2.36 bits per heavy atom. The molecule has 0 N–H and O–H groups in total. The topological polar surface area (TPSA) is 57.2 Å². The second-order valence-electron chi connectivity index (χ2n) is 5.92. The molecule has 0 fully saturated rings. The fourth-order valence-corrected chi connectivity index (χ4v) is 3.53. The molecule has 25 heavy (non-hydrogen) atoms. The summed E-state index contributed by atoms with van der Waals surface area (Å²) in [6.07, 6.45) is 3.48. The fourth-order valence-electron chi connectivity index (χ4n) is 3.53. The molecule has 0 radical (unpaired) electrons. The zero-order chi connectivity index (χ0) is 18.0. The van der Waals surface area contributed by atoms with E-state index in [1.54, 1.807) is 0 Å². The normalized spacial score (nSPS) is 15.4. The van der Waals surface area contributed by atoms with E-state index in [1.807, 2.05) is 0 Å². The Bertz CT molecular complexity index is 1000. The lowest BCUT2D eigenvalue weighted by Gasteiger charge is -2.23. The molecule has 1 aliphatic rings. The molecular weight excluding hydrogens is 339 g/mol. The van der Waals surface area contributed by atoms with Crippen LogP contribution in [0.15, 0.2) is 60.7 Å². The molecule has 5 heteroatoms. The van der Waals surface area contributed by atoms with Crippen LogP contribution in [-0.4, -0.2) is 13.0 Å². The molecule has 1 aliphatic carbocycles. The van der Waals surface area contributed by atoms with Gasteiger partial charge < -0.3 is 4.55 Å². The van der Waals surface area contributed by atoms with Crippen LogP contribution in [0.2, 0.25) is 0 Å². The SMILES string of the molecule is CCC1c2ccccc2[CH+]c2ccc3ccccc3c21.O=S(=O)([O-])F. The molecule has 0 spiro atoms. The quantitative estimate of drug-likeness (QED) is 0.360. The highest BCUT2D eigenvalue weighted by Crippen LogP contribution is 2.42. The number of hydrogen-bond donors (Lipinski definition) is 0. The smallest absolute Gasteiger partial charge is 0.255 e. The molecule has 3 aromatic carbocycles. The molecule has 1 unspecified atom stereocenters. The second-order valence-corrected chi connectivity index (χ2v) is 6.70. The van der Waals surface area contributed by atoms with Crippen LogP contribution in [0.3, 0.4) is 0 Å². The highest BCUT2D eigenvalue weighted by Gasteiger charge is 2.31. The number of hydrogen-bond acceptors (Lipinski definition) is 3. The molecular formula is C20H17FO3S. The monoisotopic (exact) mass is 356 g/mol. The van der Waals surface area contributed by atoms with Crippen LogP contribution < -0.4 is 0 Å². The third kappa shape index (κ3) is 3.83. The minimum absolute atomic E-state index is 0.511. The van der Waals surface area contributed by atoms with Crippen molar-refractivity contribution in [2.45, 2.75) is 19.3 Å². The average Bonchev–Trinajstić information content (AvgIpc) is 2.58. The first-order valence-electron chi connectivity index (χ1n) is 7.99. The predicted molar refractivity (Wildman–Crippen MR) is 95.8 cm³/mol. The zero-order valence-electron chi connectivity index (χ0n) is 13.6. The molecule has 3 aromatic rings. The summed E-state index contributed by atoms with van der Waals surface area (Å²) in [5.74, 6) is 0.511. The maximum Gasteiger partial charge on any atom is 0.255 e. The van der Waals surface area contributed by atoms with E-state index in [2.05, 4.69) is 74.0 Å². The third-order valence-corrected chi connectivity index (χ3v) is 4.44. The van der Waals surface area contributed by atoms with Crippen molar-refractivity contribution in [3.05, 3.63) is 89.3 Å². The molecule has 0 bridgehead atoms. The van der Waals surface area contributed by atoms with E-state index in [4.69, 9.17) is 13.0 Å². The first kappa shape index (κ1) is 17.5.